The summed E-state index contributed by atoms with van der Waals surface area (Å²) in [6.07, 6.45) is 0. The molecule has 0 aliphatic carbocycles. The minimum Gasteiger partial charge on any atom is -0.397 e. The summed E-state index contributed by atoms with van der Waals surface area (Å²) in [4.78, 5) is 2.07. The van der Waals surface area contributed by atoms with Gasteiger partial charge < -0.3 is 21.5 Å². The van der Waals surface area contributed by atoms with Gasteiger partial charge in [-0.15, -0.1) is 0 Å². The first kappa shape index (κ1) is 13.2. The van der Waals surface area contributed by atoms with Gasteiger partial charge in [-0.3, -0.25) is 0 Å². The largest absolute Gasteiger partial charge is 0.397 e. The second-order valence-corrected chi connectivity index (χ2v) is 4.44. The van der Waals surface area contributed by atoms with E-state index >= 15 is 0 Å². The topological polar surface area (TPSA) is 75.5 Å². The molecule has 2 rings (SSSR count). The zero-order chi connectivity index (χ0) is 13.7. The highest BCUT2D eigenvalue weighted by Crippen LogP contribution is 2.24. The van der Waals surface area contributed by atoms with Crippen LogP contribution in [0, 0.1) is 0 Å². The number of nitrogens with zero attached hydrogens (tertiary/aromatic N) is 1. The first-order valence-corrected chi connectivity index (χ1v) is 6.25. The number of aliphatic hydroxyl groups excluding tert-OH is 1. The van der Waals surface area contributed by atoms with Gasteiger partial charge in [0, 0.05) is 18.8 Å². The predicted molar refractivity (Wildman–Crippen MR) is 79.8 cm³/mol. The van der Waals surface area contributed by atoms with Crippen molar-refractivity contribution in [2.75, 3.05) is 29.5 Å². The first-order chi connectivity index (χ1) is 9.20. The highest BCUT2D eigenvalue weighted by atomic mass is 16.3. The van der Waals surface area contributed by atoms with Crippen LogP contribution in [0.3, 0.4) is 0 Å². The molecule has 0 aliphatic heterocycles. The smallest absolute Gasteiger partial charge is 0.0606 e. The Hall–Kier alpha value is -2.20. The number of nitrogens with two attached hydrogens (primary N) is 2. The summed E-state index contributed by atoms with van der Waals surface area (Å²) in [5.41, 5.74) is 14.8. The number of benzene rings is 2. The zero-order valence-corrected chi connectivity index (χ0v) is 10.8. The third-order valence-electron chi connectivity index (χ3n) is 3.02. The summed E-state index contributed by atoms with van der Waals surface area (Å²) in [6.45, 7) is 1.38. The van der Waals surface area contributed by atoms with Crippen molar-refractivity contribution in [1.82, 2.24) is 0 Å². The Labute approximate surface area is 113 Å². The molecule has 0 heterocycles. The molecule has 2 aromatic rings. The number of hydrogen-bond acceptors (Lipinski definition) is 4. The second-order valence-electron chi connectivity index (χ2n) is 4.44. The maximum absolute atomic E-state index is 9.20. The second kappa shape index (κ2) is 6.11. The van der Waals surface area contributed by atoms with Crippen molar-refractivity contribution in [3.63, 3.8) is 0 Å². The van der Waals surface area contributed by atoms with Crippen molar-refractivity contribution < 1.29 is 5.11 Å². The maximum atomic E-state index is 9.20. The van der Waals surface area contributed by atoms with Gasteiger partial charge in [-0.2, -0.15) is 0 Å². The van der Waals surface area contributed by atoms with Gasteiger partial charge in [0.25, 0.3) is 0 Å². The van der Waals surface area contributed by atoms with Crippen molar-refractivity contribution >= 4 is 17.1 Å². The number of aliphatic hydroxyl groups is 1. The molecule has 4 nitrogen and oxygen atoms in total. The third kappa shape index (κ3) is 3.39. The molecule has 19 heavy (non-hydrogen) atoms. The molecule has 0 atom stereocenters. The highest BCUT2D eigenvalue weighted by Gasteiger charge is 2.08. The Morgan fingerprint density at radius 2 is 1.68 bits per heavy atom. The van der Waals surface area contributed by atoms with Crippen LogP contribution in [-0.4, -0.2) is 18.3 Å². The van der Waals surface area contributed by atoms with Gasteiger partial charge in [-0.05, 0) is 23.8 Å². The summed E-state index contributed by atoms with van der Waals surface area (Å²) in [5.74, 6) is 0. The molecule has 0 aliphatic rings. The molecular weight excluding hydrogens is 238 g/mol. The van der Waals surface area contributed by atoms with E-state index in [0.29, 0.717) is 17.9 Å². The Balaban J connectivity index is 2.21. The van der Waals surface area contributed by atoms with Gasteiger partial charge in [-0.1, -0.05) is 30.3 Å². The molecule has 0 saturated heterocycles. The van der Waals surface area contributed by atoms with Crippen LogP contribution in [-0.2, 0) is 6.54 Å². The van der Waals surface area contributed by atoms with E-state index in [1.54, 1.807) is 6.07 Å². The lowest BCUT2D eigenvalue weighted by atomic mass is 10.2. The van der Waals surface area contributed by atoms with E-state index < -0.39 is 0 Å². The minimum atomic E-state index is 0.0944. The first-order valence-electron chi connectivity index (χ1n) is 6.25. The lowest BCUT2D eigenvalue weighted by Crippen LogP contribution is -2.26. The van der Waals surface area contributed by atoms with E-state index in [1.807, 2.05) is 30.3 Å². The quantitative estimate of drug-likeness (QED) is 0.715. The van der Waals surface area contributed by atoms with Crippen molar-refractivity contribution in [3.05, 3.63) is 54.1 Å². The predicted octanol–water partition coefficient (Wildman–Crippen LogP) is 1.85. The molecule has 0 amide bonds. The molecule has 5 N–H and O–H groups in total. The lowest BCUT2D eigenvalue weighted by molar-refractivity contribution is 0.301. The van der Waals surface area contributed by atoms with Crippen molar-refractivity contribution in [3.8, 4) is 0 Å². The zero-order valence-electron chi connectivity index (χ0n) is 10.8. The number of rotatable bonds is 5. The monoisotopic (exact) mass is 257 g/mol. The van der Waals surface area contributed by atoms with Crippen LogP contribution in [0.25, 0.3) is 0 Å². The van der Waals surface area contributed by atoms with E-state index in [2.05, 4.69) is 17.0 Å². The van der Waals surface area contributed by atoms with Crippen LogP contribution in [0.15, 0.2) is 48.5 Å². The van der Waals surface area contributed by atoms with Crippen LogP contribution < -0.4 is 16.4 Å². The van der Waals surface area contributed by atoms with Gasteiger partial charge in [0.05, 0.1) is 18.0 Å². The molecule has 4 heteroatoms. The highest BCUT2D eigenvalue weighted by molar-refractivity contribution is 5.69. The Kier molecular flexibility index (Phi) is 4.26. The fourth-order valence-corrected chi connectivity index (χ4v) is 1.98. The van der Waals surface area contributed by atoms with E-state index in [1.165, 1.54) is 5.56 Å². The lowest BCUT2D eigenvalue weighted by Gasteiger charge is -2.24. The summed E-state index contributed by atoms with van der Waals surface area (Å²) < 4.78 is 0. The van der Waals surface area contributed by atoms with Crippen LogP contribution in [0.1, 0.15) is 5.56 Å². The van der Waals surface area contributed by atoms with Crippen molar-refractivity contribution in [1.29, 1.82) is 0 Å². The van der Waals surface area contributed by atoms with E-state index in [-0.39, 0.29) is 6.61 Å². The maximum Gasteiger partial charge on any atom is 0.0606 e. The molecule has 0 unspecified atom stereocenters. The summed E-state index contributed by atoms with van der Waals surface area (Å²) in [7, 11) is 0. The molecule has 0 fully saturated rings. The van der Waals surface area contributed by atoms with Gasteiger partial charge >= 0.3 is 0 Å². The van der Waals surface area contributed by atoms with Crippen LogP contribution in [0.4, 0.5) is 17.1 Å². The summed E-state index contributed by atoms with van der Waals surface area (Å²) in [6, 6.07) is 15.7. The Bertz CT molecular complexity index is 528. The SMILES string of the molecule is Nc1ccc(N(CCO)Cc2ccccc2)cc1N. The average molecular weight is 257 g/mol. The average Bonchev–Trinajstić information content (AvgIpc) is 2.43. The molecule has 0 spiro atoms. The summed E-state index contributed by atoms with van der Waals surface area (Å²) >= 11 is 0. The Morgan fingerprint density at radius 3 is 2.32 bits per heavy atom. The molecular formula is C15H19N3O. The van der Waals surface area contributed by atoms with E-state index in [9.17, 15) is 5.11 Å². The standard InChI is InChI=1S/C15H19N3O/c16-14-7-6-13(10-15(14)17)18(8-9-19)11-12-4-2-1-3-5-12/h1-7,10,19H,8-9,11,16-17H2. The molecule has 0 saturated carbocycles. The molecule has 0 aromatic heterocycles. The van der Waals surface area contributed by atoms with Crippen LogP contribution >= 0.6 is 0 Å². The normalized spacial score (nSPS) is 10.4. The number of anilines is 3. The molecule has 0 radical (unpaired) electrons. The minimum absolute atomic E-state index is 0.0944. The number of nitrogen functional groups attached to an aromatic ring is 2. The van der Waals surface area contributed by atoms with Gasteiger partial charge in [0.15, 0.2) is 0 Å². The molecule has 0 bridgehead atoms. The van der Waals surface area contributed by atoms with E-state index in [4.69, 9.17) is 11.5 Å². The third-order valence-corrected chi connectivity index (χ3v) is 3.02. The van der Waals surface area contributed by atoms with Crippen molar-refractivity contribution in [2.45, 2.75) is 6.54 Å². The summed E-state index contributed by atoms with van der Waals surface area (Å²) in [5, 5.41) is 9.20. The van der Waals surface area contributed by atoms with E-state index in [0.717, 1.165) is 12.2 Å². The van der Waals surface area contributed by atoms with Gasteiger partial charge in [-0.25, -0.2) is 0 Å². The van der Waals surface area contributed by atoms with Crippen LogP contribution in [0.2, 0.25) is 0 Å². The van der Waals surface area contributed by atoms with Gasteiger partial charge in [0.2, 0.25) is 0 Å². The molecule has 2 aromatic carbocycles. The number of hydrogen-bond donors (Lipinski definition) is 3. The van der Waals surface area contributed by atoms with Crippen molar-refractivity contribution in [2.24, 2.45) is 0 Å². The van der Waals surface area contributed by atoms with Crippen LogP contribution in [0.5, 0.6) is 0 Å². The van der Waals surface area contributed by atoms with Gasteiger partial charge in [0.1, 0.15) is 0 Å². The fourth-order valence-electron chi connectivity index (χ4n) is 1.98. The fraction of sp³-hybridized carbons (Fsp3) is 0.200. The molecule has 100 valence electrons. The Morgan fingerprint density at radius 1 is 0.947 bits per heavy atom.